The summed E-state index contributed by atoms with van der Waals surface area (Å²) < 4.78 is 5.44. The average Bonchev–Trinajstić information content (AvgIpc) is 2.47. The van der Waals surface area contributed by atoms with Crippen LogP contribution in [0.3, 0.4) is 0 Å². The summed E-state index contributed by atoms with van der Waals surface area (Å²) >= 11 is 0. The minimum absolute atomic E-state index is 0.271. The monoisotopic (exact) mass is 286 g/mol. The SMILES string of the molecule is COc1cccc(C#N)c1NC1CCCCC1C(C)(C)C. The van der Waals surface area contributed by atoms with E-state index in [2.05, 4.69) is 32.2 Å². The van der Waals surface area contributed by atoms with Crippen LogP contribution in [0, 0.1) is 22.7 Å². The van der Waals surface area contributed by atoms with Crippen LogP contribution in [0.5, 0.6) is 5.75 Å². The molecule has 2 unspecified atom stereocenters. The lowest BCUT2D eigenvalue weighted by atomic mass is 9.69. The molecule has 0 radical (unpaired) electrons. The van der Waals surface area contributed by atoms with Crippen molar-refractivity contribution in [1.29, 1.82) is 5.26 Å². The summed E-state index contributed by atoms with van der Waals surface area (Å²) in [6, 6.07) is 8.30. The third-order valence-corrected chi connectivity index (χ3v) is 4.57. The number of rotatable bonds is 3. The molecule has 2 atom stereocenters. The Morgan fingerprint density at radius 3 is 2.57 bits per heavy atom. The van der Waals surface area contributed by atoms with Crippen molar-refractivity contribution in [2.45, 2.75) is 52.5 Å². The molecule has 0 heterocycles. The molecule has 0 bridgehead atoms. The molecule has 0 aromatic heterocycles. The highest BCUT2D eigenvalue weighted by Gasteiger charge is 2.34. The van der Waals surface area contributed by atoms with Crippen LogP contribution in [-0.4, -0.2) is 13.2 Å². The van der Waals surface area contributed by atoms with Crippen LogP contribution in [-0.2, 0) is 0 Å². The van der Waals surface area contributed by atoms with Crippen molar-refractivity contribution in [2.75, 3.05) is 12.4 Å². The molecule has 1 fully saturated rings. The fourth-order valence-corrected chi connectivity index (χ4v) is 3.47. The van der Waals surface area contributed by atoms with Gasteiger partial charge in [-0.25, -0.2) is 0 Å². The Balaban J connectivity index is 2.30. The molecule has 1 aromatic rings. The molecule has 114 valence electrons. The Hall–Kier alpha value is -1.69. The molecule has 0 amide bonds. The summed E-state index contributed by atoms with van der Waals surface area (Å²) in [4.78, 5) is 0. The molecule has 1 aromatic carbocycles. The van der Waals surface area contributed by atoms with Gasteiger partial charge in [-0.15, -0.1) is 0 Å². The van der Waals surface area contributed by atoms with E-state index in [4.69, 9.17) is 4.74 Å². The minimum atomic E-state index is 0.271. The highest BCUT2D eigenvalue weighted by atomic mass is 16.5. The van der Waals surface area contributed by atoms with Gasteiger partial charge in [0.2, 0.25) is 0 Å². The van der Waals surface area contributed by atoms with Crippen LogP contribution in [0.2, 0.25) is 0 Å². The number of ether oxygens (including phenoxy) is 1. The maximum atomic E-state index is 9.35. The summed E-state index contributed by atoms with van der Waals surface area (Å²) in [5.74, 6) is 1.37. The highest BCUT2D eigenvalue weighted by Crippen LogP contribution is 2.40. The second-order valence-corrected chi connectivity index (χ2v) is 7.00. The van der Waals surface area contributed by atoms with Gasteiger partial charge in [0.05, 0.1) is 18.4 Å². The summed E-state index contributed by atoms with van der Waals surface area (Å²) in [6.45, 7) is 6.93. The first-order chi connectivity index (χ1) is 9.97. The minimum Gasteiger partial charge on any atom is -0.495 e. The van der Waals surface area contributed by atoms with E-state index >= 15 is 0 Å². The highest BCUT2D eigenvalue weighted by molar-refractivity contribution is 5.66. The quantitative estimate of drug-likeness (QED) is 0.884. The molecule has 0 aliphatic heterocycles. The van der Waals surface area contributed by atoms with Gasteiger partial charge in [-0.1, -0.05) is 39.7 Å². The maximum absolute atomic E-state index is 9.35. The van der Waals surface area contributed by atoms with Crippen molar-refractivity contribution in [2.24, 2.45) is 11.3 Å². The number of nitrogens with zero attached hydrogens (tertiary/aromatic N) is 1. The molecule has 3 nitrogen and oxygen atoms in total. The van der Waals surface area contributed by atoms with E-state index in [1.54, 1.807) is 7.11 Å². The van der Waals surface area contributed by atoms with Crippen molar-refractivity contribution >= 4 is 5.69 Å². The van der Waals surface area contributed by atoms with E-state index < -0.39 is 0 Å². The third kappa shape index (κ3) is 3.50. The number of benzene rings is 1. The topological polar surface area (TPSA) is 45.0 Å². The van der Waals surface area contributed by atoms with Gasteiger partial charge in [-0.2, -0.15) is 5.26 Å². The van der Waals surface area contributed by atoms with E-state index in [1.165, 1.54) is 19.3 Å². The van der Waals surface area contributed by atoms with Crippen molar-refractivity contribution in [3.63, 3.8) is 0 Å². The van der Waals surface area contributed by atoms with E-state index in [-0.39, 0.29) is 5.41 Å². The first-order valence-corrected chi connectivity index (χ1v) is 7.81. The molecular weight excluding hydrogens is 260 g/mol. The van der Waals surface area contributed by atoms with Crippen LogP contribution in [0.4, 0.5) is 5.69 Å². The number of hydrogen-bond acceptors (Lipinski definition) is 3. The summed E-state index contributed by atoms with van der Waals surface area (Å²) in [7, 11) is 1.66. The lowest BCUT2D eigenvalue weighted by Crippen LogP contribution is -2.40. The molecule has 1 saturated carbocycles. The molecule has 2 rings (SSSR count). The number of hydrogen-bond donors (Lipinski definition) is 1. The zero-order chi connectivity index (χ0) is 15.5. The molecule has 0 spiro atoms. The Labute approximate surface area is 128 Å². The van der Waals surface area contributed by atoms with Gasteiger partial charge < -0.3 is 10.1 Å². The normalized spacial score (nSPS) is 22.4. The third-order valence-electron chi connectivity index (χ3n) is 4.57. The molecule has 1 N–H and O–H groups in total. The summed E-state index contributed by atoms with van der Waals surface area (Å²) in [5.41, 5.74) is 1.78. The molecule has 1 aliphatic rings. The Kier molecular flexibility index (Phi) is 4.77. The van der Waals surface area contributed by atoms with Crippen LogP contribution < -0.4 is 10.1 Å². The summed E-state index contributed by atoms with van der Waals surface area (Å²) in [5, 5.41) is 13.0. The molecular formula is C18H26N2O. The standard InChI is InChI=1S/C18H26N2O/c1-18(2,3)14-9-5-6-10-15(14)20-17-13(12-19)8-7-11-16(17)21-4/h7-8,11,14-15,20H,5-6,9-10H2,1-4H3. The van der Waals surface area contributed by atoms with E-state index in [0.717, 1.165) is 17.9 Å². The molecule has 21 heavy (non-hydrogen) atoms. The maximum Gasteiger partial charge on any atom is 0.143 e. The van der Waals surface area contributed by atoms with E-state index in [9.17, 15) is 5.26 Å². The van der Waals surface area contributed by atoms with Gasteiger partial charge in [0, 0.05) is 6.04 Å². The number of methoxy groups -OCH3 is 1. The van der Waals surface area contributed by atoms with Crippen molar-refractivity contribution in [1.82, 2.24) is 0 Å². The summed E-state index contributed by atoms with van der Waals surface area (Å²) in [6.07, 6.45) is 4.96. The van der Waals surface area contributed by atoms with Crippen LogP contribution in [0.25, 0.3) is 0 Å². The first kappa shape index (κ1) is 15.7. The van der Waals surface area contributed by atoms with E-state index in [1.807, 2.05) is 18.2 Å². The molecule has 1 aliphatic carbocycles. The van der Waals surface area contributed by atoms with Gasteiger partial charge in [0.1, 0.15) is 11.8 Å². The van der Waals surface area contributed by atoms with Crippen molar-refractivity contribution in [3.05, 3.63) is 23.8 Å². The smallest absolute Gasteiger partial charge is 0.143 e. The molecule has 0 saturated heterocycles. The van der Waals surface area contributed by atoms with Crippen molar-refractivity contribution in [3.8, 4) is 11.8 Å². The zero-order valence-electron chi connectivity index (χ0n) is 13.6. The largest absolute Gasteiger partial charge is 0.495 e. The van der Waals surface area contributed by atoms with Gasteiger partial charge in [-0.3, -0.25) is 0 Å². The zero-order valence-corrected chi connectivity index (χ0v) is 13.6. The van der Waals surface area contributed by atoms with Crippen LogP contribution >= 0.6 is 0 Å². The molecule has 3 heteroatoms. The average molecular weight is 286 g/mol. The van der Waals surface area contributed by atoms with Gasteiger partial charge in [0.25, 0.3) is 0 Å². The number of para-hydroxylation sites is 1. The Morgan fingerprint density at radius 2 is 1.95 bits per heavy atom. The van der Waals surface area contributed by atoms with Gasteiger partial charge in [0.15, 0.2) is 0 Å². The second-order valence-electron chi connectivity index (χ2n) is 7.00. The van der Waals surface area contributed by atoms with E-state index in [0.29, 0.717) is 17.5 Å². The lowest BCUT2D eigenvalue weighted by molar-refractivity contribution is 0.162. The van der Waals surface area contributed by atoms with Gasteiger partial charge >= 0.3 is 0 Å². The first-order valence-electron chi connectivity index (χ1n) is 7.81. The Morgan fingerprint density at radius 1 is 1.24 bits per heavy atom. The fraction of sp³-hybridized carbons (Fsp3) is 0.611. The number of nitrogens with one attached hydrogen (secondary N) is 1. The predicted molar refractivity (Wildman–Crippen MR) is 86.5 cm³/mol. The van der Waals surface area contributed by atoms with Crippen molar-refractivity contribution < 1.29 is 4.74 Å². The van der Waals surface area contributed by atoms with Crippen LogP contribution in [0.15, 0.2) is 18.2 Å². The lowest BCUT2D eigenvalue weighted by Gasteiger charge is -2.41. The number of nitriles is 1. The van der Waals surface area contributed by atoms with Crippen LogP contribution in [0.1, 0.15) is 52.0 Å². The number of anilines is 1. The Bertz CT molecular complexity index is 525. The predicted octanol–water partition coefficient (Wildman–Crippen LogP) is 4.58. The van der Waals surface area contributed by atoms with Gasteiger partial charge in [-0.05, 0) is 36.3 Å². The fourth-order valence-electron chi connectivity index (χ4n) is 3.47. The second kappa shape index (κ2) is 6.39.